The van der Waals surface area contributed by atoms with Crippen molar-refractivity contribution in [3.05, 3.63) is 59.2 Å². The Morgan fingerprint density at radius 2 is 1.95 bits per heavy atom. The highest BCUT2D eigenvalue weighted by molar-refractivity contribution is 6.72. The maximum absolute atomic E-state index is 13.5. The molecule has 1 atom stereocenters. The number of pyridine rings is 2. The monoisotopic (exact) mass is 614 g/mol. The van der Waals surface area contributed by atoms with Gasteiger partial charge in [-0.2, -0.15) is 9.78 Å². The molecule has 11 nitrogen and oxygen atoms in total. The number of amides is 1. The molecule has 216 valence electrons. The second-order valence-electron chi connectivity index (χ2n) is 11.5. The molecular formula is C27H32Cl2N8O3Si. The van der Waals surface area contributed by atoms with Crippen molar-refractivity contribution in [2.75, 3.05) is 25.0 Å². The molecule has 4 aromatic heterocycles. The van der Waals surface area contributed by atoms with Gasteiger partial charge in [-0.25, -0.2) is 19.9 Å². The Balaban J connectivity index is 1.36. The maximum atomic E-state index is 13.5. The molecule has 0 saturated carbocycles. The van der Waals surface area contributed by atoms with Crippen LogP contribution in [0, 0.1) is 5.92 Å². The number of hydrogen-bond donors (Lipinski definition) is 2. The van der Waals surface area contributed by atoms with E-state index in [-0.39, 0.29) is 16.8 Å². The van der Waals surface area contributed by atoms with E-state index in [9.17, 15) is 9.59 Å². The van der Waals surface area contributed by atoms with Gasteiger partial charge >= 0.3 is 0 Å². The maximum Gasteiger partial charge on any atom is 0.268 e. The van der Waals surface area contributed by atoms with Crippen LogP contribution in [0.3, 0.4) is 0 Å². The quantitative estimate of drug-likeness (QED) is 0.246. The third kappa shape index (κ3) is 6.51. The first-order valence-electron chi connectivity index (χ1n) is 13.2. The Bertz CT molecular complexity index is 1540. The molecule has 0 radical (unpaired) electrons. The van der Waals surface area contributed by atoms with Crippen molar-refractivity contribution in [3.63, 3.8) is 0 Å². The average molecular weight is 616 g/mol. The number of nitrogens with zero attached hydrogens (tertiary/aromatic N) is 7. The molecule has 4 aromatic rings. The van der Waals surface area contributed by atoms with Gasteiger partial charge in [0.25, 0.3) is 5.91 Å². The summed E-state index contributed by atoms with van der Waals surface area (Å²) in [5.41, 5.74) is 0.441. The van der Waals surface area contributed by atoms with Gasteiger partial charge in [0, 0.05) is 32.0 Å². The van der Waals surface area contributed by atoms with Gasteiger partial charge in [0.15, 0.2) is 25.9 Å². The van der Waals surface area contributed by atoms with Crippen molar-refractivity contribution in [1.82, 2.24) is 34.6 Å². The van der Waals surface area contributed by atoms with Crippen molar-refractivity contribution in [2.45, 2.75) is 44.5 Å². The fraction of sp³-hybridized carbons (Fsp3) is 0.407. The Kier molecular flexibility index (Phi) is 8.31. The highest BCUT2D eigenvalue weighted by Gasteiger charge is 2.43. The summed E-state index contributed by atoms with van der Waals surface area (Å²) in [5.74, 6) is 1.04. The third-order valence-electron chi connectivity index (χ3n) is 7.71. The summed E-state index contributed by atoms with van der Waals surface area (Å²) in [7, 11) is -2.31. The Morgan fingerprint density at radius 3 is 2.63 bits per heavy atom. The smallest absolute Gasteiger partial charge is 0.268 e. The van der Waals surface area contributed by atoms with Crippen LogP contribution in [-0.4, -0.2) is 79.4 Å². The highest BCUT2D eigenvalue weighted by atomic mass is 35.5. The van der Waals surface area contributed by atoms with E-state index in [1.807, 2.05) is 13.1 Å². The standard InChI is InChI=1S/C27H32Cl2N8O3Si/c1-27(2,41(3,4)39)10-17-13-36(14-17)15-21(25(38)35-22-8-7-18(28)11-31-22)40-26-19-12-34-37(23(19)32-16-33-26)24-20(29)6-5-9-30-24/h5-9,11-12,16-17,21,39H,10,13-15H2,1-4H3,(H,31,35,38)/t21-/m0/s1. The van der Waals surface area contributed by atoms with Gasteiger partial charge in [0.05, 0.1) is 16.2 Å². The first-order chi connectivity index (χ1) is 19.4. The molecule has 14 heteroatoms. The lowest BCUT2D eigenvalue weighted by Crippen LogP contribution is -2.54. The normalized spacial score (nSPS) is 15.5. The second kappa shape index (κ2) is 11.6. The van der Waals surface area contributed by atoms with E-state index < -0.39 is 14.4 Å². The number of nitrogens with one attached hydrogen (secondary N) is 1. The number of anilines is 1. The summed E-state index contributed by atoms with van der Waals surface area (Å²) in [6, 6.07) is 6.72. The molecule has 0 aromatic carbocycles. The molecule has 1 fully saturated rings. The summed E-state index contributed by atoms with van der Waals surface area (Å²) in [6.45, 7) is 10.2. The minimum Gasteiger partial charge on any atom is -0.462 e. The van der Waals surface area contributed by atoms with Crippen LogP contribution in [0.4, 0.5) is 5.82 Å². The van der Waals surface area contributed by atoms with E-state index in [0.717, 1.165) is 19.5 Å². The molecule has 0 spiro atoms. The molecule has 5 heterocycles. The van der Waals surface area contributed by atoms with Crippen LogP contribution in [0.2, 0.25) is 28.2 Å². The molecule has 5 rings (SSSR count). The first kappa shape index (κ1) is 29.3. The number of hydrogen-bond acceptors (Lipinski definition) is 9. The van der Waals surface area contributed by atoms with Crippen LogP contribution < -0.4 is 10.1 Å². The van der Waals surface area contributed by atoms with Gasteiger partial charge in [0.2, 0.25) is 5.88 Å². The van der Waals surface area contributed by atoms with Crippen LogP contribution in [0.1, 0.15) is 20.3 Å². The second-order valence-corrected chi connectivity index (χ2v) is 16.8. The van der Waals surface area contributed by atoms with Crippen LogP contribution in [0.25, 0.3) is 16.9 Å². The Labute approximate surface area is 249 Å². The lowest BCUT2D eigenvalue weighted by Gasteiger charge is -2.46. The molecular weight excluding hydrogens is 583 g/mol. The van der Waals surface area contributed by atoms with Gasteiger partial charge in [-0.05, 0) is 54.7 Å². The number of halogens is 2. The first-order valence-corrected chi connectivity index (χ1v) is 16.9. The van der Waals surface area contributed by atoms with E-state index in [2.05, 4.69) is 49.1 Å². The molecule has 0 bridgehead atoms. The zero-order chi connectivity index (χ0) is 29.4. The van der Waals surface area contributed by atoms with Crippen molar-refractivity contribution < 1.29 is 14.3 Å². The van der Waals surface area contributed by atoms with E-state index in [4.69, 9.17) is 27.9 Å². The molecule has 1 aliphatic rings. The number of carbonyl (C=O) groups is 1. The fourth-order valence-electron chi connectivity index (χ4n) is 4.73. The summed E-state index contributed by atoms with van der Waals surface area (Å²) in [6.07, 6.45) is 6.01. The number of likely N-dealkylation sites (tertiary alicyclic amines) is 1. The number of fused-ring (bicyclic) bond motifs is 1. The predicted molar refractivity (Wildman–Crippen MR) is 160 cm³/mol. The van der Waals surface area contributed by atoms with Crippen LogP contribution in [-0.2, 0) is 4.79 Å². The summed E-state index contributed by atoms with van der Waals surface area (Å²) in [4.78, 5) is 43.5. The van der Waals surface area contributed by atoms with Crippen LogP contribution in [0.5, 0.6) is 5.88 Å². The molecule has 1 aliphatic heterocycles. The average Bonchev–Trinajstić information content (AvgIpc) is 3.32. The van der Waals surface area contributed by atoms with E-state index in [1.165, 1.54) is 17.2 Å². The largest absolute Gasteiger partial charge is 0.462 e. The van der Waals surface area contributed by atoms with Crippen LogP contribution >= 0.6 is 23.2 Å². The minimum absolute atomic E-state index is 0.111. The molecule has 0 unspecified atom stereocenters. The van der Waals surface area contributed by atoms with Gasteiger partial charge < -0.3 is 14.8 Å². The zero-order valence-electron chi connectivity index (χ0n) is 23.3. The van der Waals surface area contributed by atoms with Gasteiger partial charge in [-0.1, -0.05) is 37.0 Å². The van der Waals surface area contributed by atoms with Crippen LogP contribution in [0.15, 0.2) is 49.2 Å². The SMILES string of the molecule is CC(C)(CC1CN(C[C@H](Oc2ncnc3c2cnn3-c2ncccc2Cl)C(=O)Nc2ccc(Cl)cn2)C1)[Si](C)(C)O. The Morgan fingerprint density at radius 1 is 1.17 bits per heavy atom. The number of ether oxygens (including phenoxy) is 1. The number of aromatic nitrogens is 6. The van der Waals surface area contributed by atoms with E-state index >= 15 is 0 Å². The number of rotatable bonds is 10. The lowest BCUT2D eigenvalue weighted by molar-refractivity contribution is -0.124. The van der Waals surface area contributed by atoms with Crippen molar-refractivity contribution in [1.29, 1.82) is 0 Å². The topological polar surface area (TPSA) is 131 Å². The zero-order valence-corrected chi connectivity index (χ0v) is 25.8. The minimum atomic E-state index is -2.31. The van der Waals surface area contributed by atoms with Crippen molar-refractivity contribution >= 4 is 54.3 Å². The Hall–Kier alpha value is -3.16. The molecule has 2 N–H and O–H groups in total. The highest BCUT2D eigenvalue weighted by Crippen LogP contribution is 2.43. The van der Waals surface area contributed by atoms with Gasteiger partial charge in [-0.15, -0.1) is 0 Å². The van der Waals surface area contributed by atoms with Gasteiger partial charge in [-0.3, -0.25) is 9.69 Å². The summed E-state index contributed by atoms with van der Waals surface area (Å²) < 4.78 is 7.77. The number of carbonyl (C=O) groups excluding carboxylic acids is 1. The van der Waals surface area contributed by atoms with E-state index in [0.29, 0.717) is 45.2 Å². The molecule has 1 saturated heterocycles. The summed E-state index contributed by atoms with van der Waals surface area (Å²) >= 11 is 12.3. The fourth-order valence-corrected chi connectivity index (χ4v) is 5.83. The lowest BCUT2D eigenvalue weighted by atomic mass is 9.89. The molecule has 0 aliphatic carbocycles. The molecule has 41 heavy (non-hydrogen) atoms. The van der Waals surface area contributed by atoms with E-state index in [1.54, 1.807) is 36.7 Å². The van der Waals surface area contributed by atoms with Gasteiger partial charge in [0.1, 0.15) is 17.5 Å². The van der Waals surface area contributed by atoms with Crippen molar-refractivity contribution in [2.24, 2.45) is 5.92 Å². The molecule has 1 amide bonds. The third-order valence-corrected chi connectivity index (χ3v) is 11.7. The predicted octanol–water partition coefficient (Wildman–Crippen LogP) is 4.60. The summed E-state index contributed by atoms with van der Waals surface area (Å²) in [5, 5.41) is 8.50. The van der Waals surface area contributed by atoms with Crippen molar-refractivity contribution in [3.8, 4) is 11.7 Å².